The quantitative estimate of drug-likeness (QED) is 0.773. The summed E-state index contributed by atoms with van der Waals surface area (Å²) in [6, 6.07) is 6.73. The molecule has 0 atom stereocenters. The van der Waals surface area contributed by atoms with Crippen molar-refractivity contribution >= 4 is 11.8 Å². The predicted molar refractivity (Wildman–Crippen MR) is 95.0 cm³/mol. The highest BCUT2D eigenvalue weighted by Crippen LogP contribution is 2.33. The molecule has 2 aliphatic rings. The number of nitrogens with zero attached hydrogens (tertiary/aromatic N) is 1. The predicted octanol–water partition coefficient (Wildman–Crippen LogP) is 4.05. The average molecular weight is 382 g/mol. The van der Waals surface area contributed by atoms with E-state index in [4.69, 9.17) is 0 Å². The van der Waals surface area contributed by atoms with E-state index < -0.39 is 18.6 Å². The van der Waals surface area contributed by atoms with Gasteiger partial charge in [0, 0.05) is 24.6 Å². The fraction of sp³-hybridized carbons (Fsp3) is 0.600. The van der Waals surface area contributed by atoms with Gasteiger partial charge in [-0.25, -0.2) is 0 Å². The van der Waals surface area contributed by atoms with Gasteiger partial charge in [0.2, 0.25) is 5.91 Å². The van der Waals surface area contributed by atoms with E-state index in [1.807, 2.05) is 10.2 Å². The number of carbonyl (C=O) groups excluding carboxylic acids is 2. The number of nitrogens with one attached hydrogen (secondary N) is 1. The van der Waals surface area contributed by atoms with Crippen LogP contribution < -0.4 is 5.32 Å². The zero-order chi connectivity index (χ0) is 19.4. The van der Waals surface area contributed by atoms with Crippen molar-refractivity contribution in [3.8, 4) is 0 Å². The number of hydrogen-bond acceptors (Lipinski definition) is 2. The first-order valence-corrected chi connectivity index (χ1v) is 9.55. The van der Waals surface area contributed by atoms with Crippen molar-refractivity contribution in [3.05, 3.63) is 35.4 Å². The van der Waals surface area contributed by atoms with Gasteiger partial charge in [0.1, 0.15) is 6.54 Å². The molecule has 0 spiro atoms. The van der Waals surface area contributed by atoms with Gasteiger partial charge in [0.15, 0.2) is 0 Å². The van der Waals surface area contributed by atoms with Crippen LogP contribution in [0, 0.1) is 5.92 Å². The molecule has 2 amide bonds. The molecule has 0 bridgehead atoms. The normalized spacial score (nSPS) is 17.7. The molecule has 2 saturated carbocycles. The molecular weight excluding hydrogens is 357 g/mol. The molecule has 1 N–H and O–H groups in total. The summed E-state index contributed by atoms with van der Waals surface area (Å²) in [7, 11) is 0. The molecular formula is C20H25F3N2O2. The second kappa shape index (κ2) is 8.31. The van der Waals surface area contributed by atoms with Gasteiger partial charge in [-0.3, -0.25) is 9.59 Å². The molecule has 3 rings (SSSR count). The van der Waals surface area contributed by atoms with E-state index in [1.54, 1.807) is 12.1 Å². The zero-order valence-corrected chi connectivity index (χ0v) is 15.2. The molecule has 2 fully saturated rings. The second-order valence-electron chi connectivity index (χ2n) is 7.60. The number of carbonyl (C=O) groups is 2. The van der Waals surface area contributed by atoms with Gasteiger partial charge in [-0.15, -0.1) is 0 Å². The van der Waals surface area contributed by atoms with E-state index in [2.05, 4.69) is 0 Å². The molecule has 2 aliphatic carbocycles. The van der Waals surface area contributed by atoms with Gasteiger partial charge in [-0.2, -0.15) is 13.2 Å². The van der Waals surface area contributed by atoms with Crippen LogP contribution in [-0.2, 0) is 11.3 Å². The molecule has 0 unspecified atom stereocenters. The first-order chi connectivity index (χ1) is 12.8. The lowest BCUT2D eigenvalue weighted by Gasteiger charge is -2.24. The molecule has 0 radical (unpaired) electrons. The third-order valence-corrected chi connectivity index (χ3v) is 5.26. The maximum absolute atomic E-state index is 12.7. The van der Waals surface area contributed by atoms with Crippen LogP contribution in [0.25, 0.3) is 0 Å². The second-order valence-corrected chi connectivity index (χ2v) is 7.60. The van der Waals surface area contributed by atoms with Crippen molar-refractivity contribution in [2.24, 2.45) is 5.92 Å². The molecule has 0 aromatic heterocycles. The summed E-state index contributed by atoms with van der Waals surface area (Å²) in [5, 5.41) is 1.86. The Bertz CT molecular complexity index is 663. The third-order valence-electron chi connectivity index (χ3n) is 5.26. The summed E-state index contributed by atoms with van der Waals surface area (Å²) in [5.74, 6) is -0.0647. The Morgan fingerprint density at radius 3 is 2.22 bits per heavy atom. The summed E-state index contributed by atoms with van der Waals surface area (Å²) < 4.78 is 36.6. The molecule has 7 heteroatoms. The maximum Gasteiger partial charge on any atom is 0.405 e. The van der Waals surface area contributed by atoms with Crippen LogP contribution in [0.1, 0.15) is 60.9 Å². The van der Waals surface area contributed by atoms with Crippen LogP contribution in [0.2, 0.25) is 0 Å². The summed E-state index contributed by atoms with van der Waals surface area (Å²) in [4.78, 5) is 26.4. The van der Waals surface area contributed by atoms with Gasteiger partial charge < -0.3 is 10.2 Å². The minimum Gasteiger partial charge on any atom is -0.343 e. The molecule has 0 aliphatic heterocycles. The van der Waals surface area contributed by atoms with Crippen LogP contribution in [-0.4, -0.2) is 35.5 Å². The highest BCUT2D eigenvalue weighted by molar-refractivity contribution is 5.94. The number of rotatable bonds is 7. The fourth-order valence-corrected chi connectivity index (χ4v) is 3.63. The molecule has 1 aromatic carbocycles. The minimum atomic E-state index is -4.43. The van der Waals surface area contributed by atoms with Gasteiger partial charge in [-0.1, -0.05) is 25.0 Å². The highest BCUT2D eigenvalue weighted by atomic mass is 19.4. The van der Waals surface area contributed by atoms with Crippen LogP contribution in [0.5, 0.6) is 0 Å². The number of halogens is 3. The van der Waals surface area contributed by atoms with E-state index >= 15 is 0 Å². The lowest BCUT2D eigenvalue weighted by Crippen LogP contribution is -2.34. The highest BCUT2D eigenvalue weighted by Gasteiger charge is 2.33. The third kappa shape index (κ3) is 5.97. The number of hydrogen-bond donors (Lipinski definition) is 1. The van der Waals surface area contributed by atoms with Crippen molar-refractivity contribution < 1.29 is 22.8 Å². The SMILES string of the molecule is O=C(NCC(F)(F)F)c1ccc(CN(C(=O)CC2CCCC2)C2CC2)cc1. The van der Waals surface area contributed by atoms with Gasteiger partial charge in [0.25, 0.3) is 5.91 Å². The average Bonchev–Trinajstić information content (AvgIpc) is 3.34. The first kappa shape index (κ1) is 19.7. The maximum atomic E-state index is 12.7. The summed E-state index contributed by atoms with van der Waals surface area (Å²) in [6.45, 7) is -0.862. The molecule has 0 heterocycles. The Hall–Kier alpha value is -2.05. The van der Waals surface area contributed by atoms with E-state index in [-0.39, 0.29) is 11.5 Å². The lowest BCUT2D eigenvalue weighted by molar-refractivity contribution is -0.133. The smallest absolute Gasteiger partial charge is 0.343 e. The molecule has 4 nitrogen and oxygen atoms in total. The Kier molecular flexibility index (Phi) is 6.07. The number of alkyl halides is 3. The number of amides is 2. The van der Waals surface area contributed by atoms with Crippen molar-refractivity contribution in [1.29, 1.82) is 0 Å². The number of benzene rings is 1. The van der Waals surface area contributed by atoms with Crippen LogP contribution >= 0.6 is 0 Å². The Morgan fingerprint density at radius 2 is 1.67 bits per heavy atom. The minimum absolute atomic E-state index is 0.179. The van der Waals surface area contributed by atoms with Gasteiger partial charge >= 0.3 is 6.18 Å². The Morgan fingerprint density at radius 1 is 1.04 bits per heavy atom. The monoisotopic (exact) mass is 382 g/mol. The topological polar surface area (TPSA) is 49.4 Å². The van der Waals surface area contributed by atoms with Crippen LogP contribution in [0.4, 0.5) is 13.2 Å². The lowest BCUT2D eigenvalue weighted by atomic mass is 10.0. The molecule has 148 valence electrons. The summed E-state index contributed by atoms with van der Waals surface area (Å²) in [6.07, 6.45) is 2.90. The van der Waals surface area contributed by atoms with Crippen LogP contribution in [0.3, 0.4) is 0 Å². The molecule has 1 aromatic rings. The molecule has 27 heavy (non-hydrogen) atoms. The van der Waals surface area contributed by atoms with Crippen LogP contribution in [0.15, 0.2) is 24.3 Å². The van der Waals surface area contributed by atoms with Gasteiger partial charge in [0.05, 0.1) is 0 Å². The Balaban J connectivity index is 1.56. The van der Waals surface area contributed by atoms with Gasteiger partial charge in [-0.05, 0) is 49.3 Å². The van der Waals surface area contributed by atoms with Crippen molar-refractivity contribution in [3.63, 3.8) is 0 Å². The standard InChI is InChI=1S/C20H25F3N2O2/c21-20(22,23)13-24-19(27)16-7-5-15(6-8-16)12-25(17-9-10-17)18(26)11-14-3-1-2-4-14/h5-8,14,17H,1-4,9-13H2,(H,24,27). The van der Waals surface area contributed by atoms with E-state index in [0.29, 0.717) is 24.9 Å². The van der Waals surface area contributed by atoms with Crippen molar-refractivity contribution in [1.82, 2.24) is 10.2 Å². The summed E-state index contributed by atoms with van der Waals surface area (Å²) in [5.41, 5.74) is 1.06. The van der Waals surface area contributed by atoms with E-state index in [0.717, 1.165) is 31.2 Å². The van der Waals surface area contributed by atoms with E-state index in [9.17, 15) is 22.8 Å². The largest absolute Gasteiger partial charge is 0.405 e. The first-order valence-electron chi connectivity index (χ1n) is 9.55. The van der Waals surface area contributed by atoms with Crippen molar-refractivity contribution in [2.75, 3.05) is 6.54 Å². The fourth-order valence-electron chi connectivity index (χ4n) is 3.63. The summed E-state index contributed by atoms with van der Waals surface area (Å²) >= 11 is 0. The zero-order valence-electron chi connectivity index (χ0n) is 15.2. The molecule has 0 saturated heterocycles. The van der Waals surface area contributed by atoms with E-state index in [1.165, 1.54) is 25.0 Å². The van der Waals surface area contributed by atoms with Crippen molar-refractivity contribution in [2.45, 2.75) is 63.7 Å². The Labute approximate surface area is 157 Å².